The topological polar surface area (TPSA) is 52.6 Å². The summed E-state index contributed by atoms with van der Waals surface area (Å²) in [6.07, 6.45) is 0. The molecule has 4 heteroatoms. The Bertz CT molecular complexity index is 105. The van der Waals surface area contributed by atoms with E-state index in [0.29, 0.717) is 0 Å². The van der Waals surface area contributed by atoms with Crippen molar-refractivity contribution in [2.45, 2.75) is 13.0 Å². The predicted molar refractivity (Wildman–Crippen MR) is 45.8 cm³/mol. The lowest BCUT2D eigenvalue weighted by Gasteiger charge is -2.13. The maximum absolute atomic E-state index is 10.1. The van der Waals surface area contributed by atoms with Crippen LogP contribution in [0, 0.1) is 0 Å². The summed E-state index contributed by atoms with van der Waals surface area (Å²) in [6, 6.07) is -0.380. The highest BCUT2D eigenvalue weighted by atomic mass is 16.4. The van der Waals surface area contributed by atoms with Crippen LogP contribution < -0.4 is 5.32 Å². The summed E-state index contributed by atoms with van der Waals surface area (Å²) in [5.41, 5.74) is 0. The molecule has 0 aliphatic heterocycles. The minimum atomic E-state index is -0.782. The van der Waals surface area contributed by atoms with Crippen LogP contribution in [-0.2, 0) is 4.79 Å². The summed E-state index contributed by atoms with van der Waals surface area (Å²) < 4.78 is 0. The van der Waals surface area contributed by atoms with E-state index >= 15 is 0 Å². The van der Waals surface area contributed by atoms with Crippen LogP contribution >= 0.6 is 0 Å². The fourth-order valence-corrected chi connectivity index (χ4v) is 0.221. The van der Waals surface area contributed by atoms with Gasteiger partial charge in [0.25, 0.3) is 0 Å². The van der Waals surface area contributed by atoms with Gasteiger partial charge in [-0.05, 0) is 35.1 Å². The number of hydrogen-bond acceptors (Lipinski definition) is 3. The molecule has 0 heterocycles. The van der Waals surface area contributed by atoms with Gasteiger partial charge in [-0.1, -0.05) is 0 Å². The molecule has 0 aliphatic carbocycles. The molecule has 0 saturated carbocycles. The third kappa shape index (κ3) is 9.39. The number of nitrogens with zero attached hydrogens (tertiary/aromatic N) is 1. The van der Waals surface area contributed by atoms with Crippen LogP contribution in [0.3, 0.4) is 0 Å². The number of aliphatic carboxylic acids is 1. The van der Waals surface area contributed by atoms with Crippen molar-refractivity contribution in [1.29, 1.82) is 0 Å². The van der Waals surface area contributed by atoms with Crippen LogP contribution in [0.25, 0.3) is 0 Å². The highest BCUT2D eigenvalue weighted by molar-refractivity contribution is 5.72. The standard InChI is InChI=1S/C5H11NO2.C2H7N/c1-4(5(7)8)6(2)3;1-3-2/h4H,1-3H3,(H,7,8);3H,1-2H3. The third-order valence-electron chi connectivity index (χ3n) is 1.13. The number of hydrogen-bond donors (Lipinski definition) is 2. The zero-order valence-electron chi connectivity index (χ0n) is 7.88. The molecular formula is C7H18N2O2. The van der Waals surface area contributed by atoms with E-state index in [9.17, 15) is 4.79 Å². The van der Waals surface area contributed by atoms with Crippen molar-refractivity contribution in [3.8, 4) is 0 Å². The van der Waals surface area contributed by atoms with E-state index < -0.39 is 5.97 Å². The Hall–Kier alpha value is -0.610. The fourth-order valence-electron chi connectivity index (χ4n) is 0.221. The zero-order valence-corrected chi connectivity index (χ0v) is 7.88. The van der Waals surface area contributed by atoms with Crippen LogP contribution in [0.1, 0.15) is 6.92 Å². The Morgan fingerprint density at radius 3 is 1.73 bits per heavy atom. The van der Waals surface area contributed by atoms with E-state index in [0.717, 1.165) is 0 Å². The quantitative estimate of drug-likeness (QED) is 0.593. The molecule has 1 atom stereocenters. The normalized spacial score (nSPS) is 11.8. The van der Waals surface area contributed by atoms with Gasteiger partial charge in [0.2, 0.25) is 0 Å². The molecule has 0 aromatic carbocycles. The molecule has 0 aromatic rings. The van der Waals surface area contributed by atoms with Crippen molar-refractivity contribution in [1.82, 2.24) is 10.2 Å². The van der Waals surface area contributed by atoms with E-state index in [1.807, 2.05) is 14.1 Å². The van der Waals surface area contributed by atoms with Gasteiger partial charge in [0, 0.05) is 0 Å². The van der Waals surface area contributed by atoms with Gasteiger partial charge < -0.3 is 10.4 Å². The molecule has 0 bridgehead atoms. The van der Waals surface area contributed by atoms with Crippen molar-refractivity contribution in [2.75, 3.05) is 28.2 Å². The first-order valence-corrected chi connectivity index (χ1v) is 3.45. The number of rotatable bonds is 2. The molecule has 0 radical (unpaired) electrons. The van der Waals surface area contributed by atoms with Gasteiger partial charge in [0.15, 0.2) is 0 Å². The van der Waals surface area contributed by atoms with Gasteiger partial charge >= 0.3 is 5.97 Å². The van der Waals surface area contributed by atoms with Crippen LogP contribution in [0.15, 0.2) is 0 Å². The zero-order chi connectivity index (χ0) is 9.44. The lowest BCUT2D eigenvalue weighted by Crippen LogP contribution is -2.32. The summed E-state index contributed by atoms with van der Waals surface area (Å²) in [7, 11) is 7.22. The monoisotopic (exact) mass is 162 g/mol. The second kappa shape index (κ2) is 7.50. The third-order valence-corrected chi connectivity index (χ3v) is 1.13. The molecule has 0 amide bonds. The molecule has 0 aromatic heterocycles. The van der Waals surface area contributed by atoms with Gasteiger partial charge in [-0.15, -0.1) is 0 Å². The largest absolute Gasteiger partial charge is 0.480 e. The molecule has 0 rings (SSSR count). The van der Waals surface area contributed by atoms with Crippen molar-refractivity contribution in [2.24, 2.45) is 0 Å². The summed E-state index contributed by atoms with van der Waals surface area (Å²) in [6.45, 7) is 1.64. The minimum Gasteiger partial charge on any atom is -0.480 e. The van der Waals surface area contributed by atoms with Gasteiger partial charge in [-0.2, -0.15) is 0 Å². The Labute approximate surface area is 68.2 Å². The van der Waals surface area contributed by atoms with Gasteiger partial charge in [0.1, 0.15) is 6.04 Å². The maximum atomic E-state index is 10.1. The van der Waals surface area contributed by atoms with Crippen molar-refractivity contribution in [3.05, 3.63) is 0 Å². The van der Waals surface area contributed by atoms with E-state index in [2.05, 4.69) is 5.32 Å². The number of carboxylic acid groups (broad SMARTS) is 1. The van der Waals surface area contributed by atoms with E-state index in [-0.39, 0.29) is 6.04 Å². The number of carbonyl (C=O) groups is 1. The Morgan fingerprint density at radius 1 is 1.45 bits per heavy atom. The van der Waals surface area contributed by atoms with Crippen LogP contribution in [0.2, 0.25) is 0 Å². The second-order valence-electron chi connectivity index (χ2n) is 2.48. The Balaban J connectivity index is 0. The smallest absolute Gasteiger partial charge is 0.320 e. The highest BCUT2D eigenvalue weighted by Crippen LogP contribution is 1.88. The molecule has 0 aliphatic rings. The lowest BCUT2D eigenvalue weighted by atomic mass is 10.3. The van der Waals surface area contributed by atoms with Crippen LogP contribution in [-0.4, -0.2) is 50.2 Å². The van der Waals surface area contributed by atoms with E-state index in [4.69, 9.17) is 5.11 Å². The van der Waals surface area contributed by atoms with Crippen LogP contribution in [0.4, 0.5) is 0 Å². The molecule has 1 unspecified atom stereocenters. The van der Waals surface area contributed by atoms with Crippen molar-refractivity contribution in [3.63, 3.8) is 0 Å². The average Bonchev–Trinajstić information content (AvgIpc) is 1.87. The van der Waals surface area contributed by atoms with Crippen molar-refractivity contribution < 1.29 is 9.90 Å². The Kier molecular flexibility index (Phi) is 8.87. The molecule has 0 saturated heterocycles. The first-order valence-electron chi connectivity index (χ1n) is 3.45. The second-order valence-corrected chi connectivity index (χ2v) is 2.48. The molecule has 2 N–H and O–H groups in total. The highest BCUT2D eigenvalue weighted by Gasteiger charge is 2.11. The summed E-state index contributed by atoms with van der Waals surface area (Å²) in [4.78, 5) is 11.7. The van der Waals surface area contributed by atoms with Gasteiger partial charge in [-0.25, -0.2) is 0 Å². The average molecular weight is 162 g/mol. The van der Waals surface area contributed by atoms with Crippen molar-refractivity contribution >= 4 is 5.97 Å². The number of carboxylic acids is 1. The molecule has 11 heavy (non-hydrogen) atoms. The van der Waals surface area contributed by atoms with E-state index in [1.54, 1.807) is 25.9 Å². The molecular weight excluding hydrogens is 144 g/mol. The van der Waals surface area contributed by atoms with Gasteiger partial charge in [0.05, 0.1) is 0 Å². The predicted octanol–water partition coefficient (Wildman–Crippen LogP) is -0.143. The van der Waals surface area contributed by atoms with Gasteiger partial charge in [-0.3, -0.25) is 9.69 Å². The van der Waals surface area contributed by atoms with E-state index in [1.165, 1.54) is 0 Å². The van der Waals surface area contributed by atoms with Crippen LogP contribution in [0.5, 0.6) is 0 Å². The molecule has 0 fully saturated rings. The number of nitrogens with one attached hydrogen (secondary N) is 1. The molecule has 0 spiro atoms. The first-order chi connectivity index (χ1) is 4.97. The summed E-state index contributed by atoms with van der Waals surface area (Å²) in [5, 5.41) is 11.1. The lowest BCUT2D eigenvalue weighted by molar-refractivity contribution is -0.141. The minimum absolute atomic E-state index is 0.380. The number of likely N-dealkylation sites (N-methyl/N-ethyl adjacent to an activating group) is 1. The fraction of sp³-hybridized carbons (Fsp3) is 0.857. The first kappa shape index (κ1) is 13.0. The maximum Gasteiger partial charge on any atom is 0.320 e. The summed E-state index contributed by atoms with van der Waals surface area (Å²) >= 11 is 0. The Morgan fingerprint density at radius 2 is 1.73 bits per heavy atom. The molecule has 68 valence electrons. The summed E-state index contributed by atoms with van der Waals surface area (Å²) in [5.74, 6) is -0.782. The molecule has 4 nitrogen and oxygen atoms in total. The SMILES string of the molecule is CC(C(=O)O)N(C)C.CNC.